The van der Waals surface area contributed by atoms with E-state index < -0.39 is 0 Å². The summed E-state index contributed by atoms with van der Waals surface area (Å²) in [6, 6.07) is 5.28. The van der Waals surface area contributed by atoms with Gasteiger partial charge < -0.3 is 10.2 Å². The van der Waals surface area contributed by atoms with Crippen LogP contribution in [-0.2, 0) is 6.42 Å². The zero-order chi connectivity index (χ0) is 12.4. The highest BCUT2D eigenvalue weighted by molar-refractivity contribution is 5.36. The fourth-order valence-electron chi connectivity index (χ4n) is 2.63. The number of hydrogen-bond donors (Lipinski definition) is 1. The molecular weight excluding hydrogens is 208 g/mol. The number of piperazine rings is 1. The van der Waals surface area contributed by atoms with Gasteiger partial charge in [-0.1, -0.05) is 12.1 Å². The van der Waals surface area contributed by atoms with Crippen molar-refractivity contribution in [1.29, 1.82) is 0 Å². The second-order valence-electron chi connectivity index (χ2n) is 5.48. The SMILES string of the molecule is Cc1cc(C)c(CC2CN(C)CCN2)cc1C. The van der Waals surface area contributed by atoms with Gasteiger partial charge in [0.05, 0.1) is 0 Å². The summed E-state index contributed by atoms with van der Waals surface area (Å²) in [5, 5.41) is 3.62. The Kier molecular flexibility index (Phi) is 3.85. The van der Waals surface area contributed by atoms with E-state index in [4.69, 9.17) is 0 Å². The number of nitrogens with zero attached hydrogens (tertiary/aromatic N) is 1. The molecule has 1 unspecified atom stereocenters. The van der Waals surface area contributed by atoms with E-state index in [0.29, 0.717) is 6.04 Å². The fraction of sp³-hybridized carbons (Fsp3) is 0.600. The third kappa shape index (κ3) is 3.08. The number of benzene rings is 1. The van der Waals surface area contributed by atoms with Crippen LogP contribution in [0.1, 0.15) is 22.3 Å². The second kappa shape index (κ2) is 5.19. The zero-order valence-electron chi connectivity index (χ0n) is 11.5. The van der Waals surface area contributed by atoms with Crippen LogP contribution < -0.4 is 5.32 Å². The smallest absolute Gasteiger partial charge is 0.0235 e. The number of rotatable bonds is 2. The van der Waals surface area contributed by atoms with Crippen LogP contribution in [0.2, 0.25) is 0 Å². The van der Waals surface area contributed by atoms with Gasteiger partial charge in [0, 0.05) is 25.7 Å². The summed E-state index contributed by atoms with van der Waals surface area (Å²) in [5.41, 5.74) is 5.75. The van der Waals surface area contributed by atoms with E-state index in [-0.39, 0.29) is 0 Å². The summed E-state index contributed by atoms with van der Waals surface area (Å²) in [6.45, 7) is 10.1. The van der Waals surface area contributed by atoms with Crippen molar-refractivity contribution in [2.75, 3.05) is 26.7 Å². The Morgan fingerprint density at radius 1 is 1.18 bits per heavy atom. The van der Waals surface area contributed by atoms with Gasteiger partial charge in [-0.3, -0.25) is 0 Å². The molecule has 17 heavy (non-hydrogen) atoms. The highest BCUT2D eigenvalue weighted by Gasteiger charge is 2.17. The molecule has 1 fully saturated rings. The standard InChI is InChI=1S/C15H24N2/c1-11-7-13(3)14(8-12(11)2)9-15-10-17(4)6-5-16-15/h7-8,15-16H,5-6,9-10H2,1-4H3. The molecule has 2 rings (SSSR count). The van der Waals surface area contributed by atoms with E-state index >= 15 is 0 Å². The van der Waals surface area contributed by atoms with Gasteiger partial charge in [0.1, 0.15) is 0 Å². The minimum absolute atomic E-state index is 0.606. The molecule has 2 nitrogen and oxygen atoms in total. The molecule has 2 heteroatoms. The lowest BCUT2D eigenvalue weighted by molar-refractivity contribution is 0.238. The van der Waals surface area contributed by atoms with Crippen molar-refractivity contribution >= 4 is 0 Å². The lowest BCUT2D eigenvalue weighted by atomic mass is 9.95. The summed E-state index contributed by atoms with van der Waals surface area (Å²) in [4.78, 5) is 2.41. The van der Waals surface area contributed by atoms with Gasteiger partial charge in [-0.15, -0.1) is 0 Å². The van der Waals surface area contributed by atoms with Crippen LogP contribution in [0.15, 0.2) is 12.1 Å². The van der Waals surface area contributed by atoms with E-state index in [0.717, 1.165) is 19.5 Å². The van der Waals surface area contributed by atoms with E-state index in [1.54, 1.807) is 0 Å². The first-order valence-corrected chi connectivity index (χ1v) is 6.55. The fourth-order valence-corrected chi connectivity index (χ4v) is 2.63. The predicted octanol–water partition coefficient (Wildman–Crippen LogP) is 2.06. The van der Waals surface area contributed by atoms with Gasteiger partial charge in [-0.25, -0.2) is 0 Å². The van der Waals surface area contributed by atoms with Gasteiger partial charge >= 0.3 is 0 Å². The molecule has 0 saturated carbocycles. The average molecular weight is 232 g/mol. The molecule has 0 bridgehead atoms. The van der Waals surface area contributed by atoms with Crippen LogP contribution >= 0.6 is 0 Å². The number of aryl methyl sites for hydroxylation is 3. The molecule has 1 heterocycles. The minimum Gasteiger partial charge on any atom is -0.311 e. The summed E-state index contributed by atoms with van der Waals surface area (Å²) in [5.74, 6) is 0. The van der Waals surface area contributed by atoms with Crippen molar-refractivity contribution in [2.24, 2.45) is 0 Å². The Morgan fingerprint density at radius 3 is 2.59 bits per heavy atom. The molecule has 0 spiro atoms. The van der Waals surface area contributed by atoms with Crippen molar-refractivity contribution < 1.29 is 0 Å². The molecule has 1 aromatic rings. The van der Waals surface area contributed by atoms with Crippen LogP contribution in [0.3, 0.4) is 0 Å². The summed E-state index contributed by atoms with van der Waals surface area (Å²) >= 11 is 0. The van der Waals surface area contributed by atoms with E-state index in [1.165, 1.54) is 28.8 Å². The van der Waals surface area contributed by atoms with E-state index in [2.05, 4.69) is 50.2 Å². The summed E-state index contributed by atoms with van der Waals surface area (Å²) < 4.78 is 0. The lowest BCUT2D eigenvalue weighted by Gasteiger charge is -2.31. The predicted molar refractivity (Wildman–Crippen MR) is 73.6 cm³/mol. The van der Waals surface area contributed by atoms with Crippen LogP contribution in [-0.4, -0.2) is 37.6 Å². The molecule has 1 saturated heterocycles. The van der Waals surface area contributed by atoms with Gasteiger partial charge in [0.25, 0.3) is 0 Å². The number of nitrogens with one attached hydrogen (secondary N) is 1. The maximum atomic E-state index is 3.62. The molecule has 94 valence electrons. The maximum absolute atomic E-state index is 3.62. The van der Waals surface area contributed by atoms with Crippen LogP contribution in [0.25, 0.3) is 0 Å². The third-order valence-corrected chi connectivity index (χ3v) is 3.88. The lowest BCUT2D eigenvalue weighted by Crippen LogP contribution is -2.50. The van der Waals surface area contributed by atoms with Gasteiger partial charge in [-0.2, -0.15) is 0 Å². The van der Waals surface area contributed by atoms with Crippen molar-refractivity contribution in [3.8, 4) is 0 Å². The minimum atomic E-state index is 0.606. The highest BCUT2D eigenvalue weighted by atomic mass is 15.2. The highest BCUT2D eigenvalue weighted by Crippen LogP contribution is 2.17. The van der Waals surface area contributed by atoms with Crippen molar-refractivity contribution in [3.63, 3.8) is 0 Å². The monoisotopic (exact) mass is 232 g/mol. The van der Waals surface area contributed by atoms with Gasteiger partial charge in [-0.05, 0) is 56.5 Å². The van der Waals surface area contributed by atoms with Crippen LogP contribution in [0, 0.1) is 20.8 Å². The topological polar surface area (TPSA) is 15.3 Å². The first kappa shape index (κ1) is 12.6. The molecule has 1 N–H and O–H groups in total. The van der Waals surface area contributed by atoms with Crippen molar-refractivity contribution in [1.82, 2.24) is 10.2 Å². The Hall–Kier alpha value is -0.860. The maximum Gasteiger partial charge on any atom is 0.0235 e. The summed E-state index contributed by atoms with van der Waals surface area (Å²) in [6.07, 6.45) is 1.15. The Labute approximate surface area is 105 Å². The van der Waals surface area contributed by atoms with Crippen LogP contribution in [0.4, 0.5) is 0 Å². The quantitative estimate of drug-likeness (QED) is 0.839. The Morgan fingerprint density at radius 2 is 1.88 bits per heavy atom. The third-order valence-electron chi connectivity index (χ3n) is 3.88. The van der Waals surface area contributed by atoms with Crippen molar-refractivity contribution in [2.45, 2.75) is 33.2 Å². The normalized spacial score (nSPS) is 21.8. The molecule has 0 amide bonds. The van der Waals surface area contributed by atoms with Crippen molar-refractivity contribution in [3.05, 3.63) is 34.4 Å². The largest absolute Gasteiger partial charge is 0.311 e. The average Bonchev–Trinajstić information content (AvgIpc) is 2.26. The summed E-state index contributed by atoms with van der Waals surface area (Å²) in [7, 11) is 2.21. The molecule has 0 radical (unpaired) electrons. The van der Waals surface area contributed by atoms with E-state index in [1.807, 2.05) is 0 Å². The first-order chi connectivity index (χ1) is 8.06. The molecule has 1 aliphatic heterocycles. The zero-order valence-corrected chi connectivity index (χ0v) is 11.5. The molecule has 0 aliphatic carbocycles. The molecule has 1 aromatic carbocycles. The van der Waals surface area contributed by atoms with Gasteiger partial charge in [0.15, 0.2) is 0 Å². The number of hydrogen-bond acceptors (Lipinski definition) is 2. The molecule has 0 aromatic heterocycles. The second-order valence-corrected chi connectivity index (χ2v) is 5.48. The van der Waals surface area contributed by atoms with E-state index in [9.17, 15) is 0 Å². The molecular formula is C15H24N2. The first-order valence-electron chi connectivity index (χ1n) is 6.55. The number of likely N-dealkylation sites (N-methyl/N-ethyl adjacent to an activating group) is 1. The van der Waals surface area contributed by atoms with Gasteiger partial charge in [0.2, 0.25) is 0 Å². The molecule has 1 aliphatic rings. The van der Waals surface area contributed by atoms with Crippen LogP contribution in [0.5, 0.6) is 0 Å². The molecule has 1 atom stereocenters. The Bertz CT molecular complexity index is 398. The Balaban J connectivity index is 2.10.